The summed E-state index contributed by atoms with van der Waals surface area (Å²) >= 11 is 0. The van der Waals surface area contributed by atoms with Crippen LogP contribution in [0.3, 0.4) is 0 Å². The number of carbonyl (C=O) groups excluding carboxylic acids is 1. The molecule has 14 heteroatoms. The van der Waals surface area contributed by atoms with E-state index in [0.29, 0.717) is 12.8 Å². The van der Waals surface area contributed by atoms with E-state index in [4.69, 9.17) is 18.9 Å². The maximum Gasteiger partial charge on any atom is 0.220 e. The Morgan fingerprint density at radius 2 is 1.03 bits per heavy atom. The summed E-state index contributed by atoms with van der Waals surface area (Å²) in [5, 5.41) is 86.6. The van der Waals surface area contributed by atoms with Gasteiger partial charge >= 0.3 is 0 Å². The van der Waals surface area contributed by atoms with Crippen LogP contribution in [0.5, 0.6) is 0 Å². The topological polar surface area (TPSA) is 228 Å². The van der Waals surface area contributed by atoms with Gasteiger partial charge in [0.15, 0.2) is 12.6 Å². The molecular formula is C54H87NO13. The zero-order valence-electron chi connectivity index (χ0n) is 40.8. The lowest BCUT2D eigenvalue weighted by Crippen LogP contribution is -2.65. The molecule has 1 amide bonds. The van der Waals surface area contributed by atoms with E-state index in [1.807, 2.05) is 18.2 Å². The number of hydrogen-bond donors (Lipinski definition) is 9. The van der Waals surface area contributed by atoms with E-state index < -0.39 is 86.8 Å². The molecule has 2 aliphatic rings. The minimum Gasteiger partial charge on any atom is -0.394 e. The van der Waals surface area contributed by atoms with Crippen molar-refractivity contribution < 1.29 is 64.6 Å². The highest BCUT2D eigenvalue weighted by Gasteiger charge is 2.51. The molecule has 68 heavy (non-hydrogen) atoms. The lowest BCUT2D eigenvalue weighted by atomic mass is 9.97. The highest BCUT2D eigenvalue weighted by atomic mass is 16.7. The van der Waals surface area contributed by atoms with E-state index in [0.717, 1.165) is 64.2 Å². The second kappa shape index (κ2) is 39.4. The molecule has 12 atom stereocenters. The fraction of sp³-hybridized carbons (Fsp3) is 0.648. The Kier molecular flexibility index (Phi) is 35.2. The van der Waals surface area contributed by atoms with Gasteiger partial charge < -0.3 is 65.1 Å². The molecule has 12 unspecified atom stereocenters. The lowest BCUT2D eigenvalue weighted by molar-refractivity contribution is -0.359. The van der Waals surface area contributed by atoms with E-state index in [1.165, 1.54) is 32.1 Å². The summed E-state index contributed by atoms with van der Waals surface area (Å²) in [6, 6.07) is -0.985. The highest BCUT2D eigenvalue weighted by molar-refractivity contribution is 5.76. The van der Waals surface area contributed by atoms with Crippen LogP contribution in [0.2, 0.25) is 0 Å². The molecule has 0 aromatic rings. The number of hydrogen-bond acceptors (Lipinski definition) is 13. The van der Waals surface area contributed by atoms with Crippen molar-refractivity contribution in [1.29, 1.82) is 0 Å². The first-order valence-corrected chi connectivity index (χ1v) is 25.1. The third kappa shape index (κ3) is 26.0. The average molecular weight is 958 g/mol. The van der Waals surface area contributed by atoms with Gasteiger partial charge in [0, 0.05) is 6.42 Å². The van der Waals surface area contributed by atoms with Crippen LogP contribution >= 0.6 is 0 Å². The number of aliphatic hydroxyl groups is 8. The number of ether oxygens (including phenoxy) is 4. The third-order valence-electron chi connectivity index (χ3n) is 11.4. The Labute approximate surface area is 406 Å². The van der Waals surface area contributed by atoms with Crippen molar-refractivity contribution in [2.24, 2.45) is 0 Å². The number of amides is 1. The first kappa shape index (κ1) is 60.8. The fourth-order valence-electron chi connectivity index (χ4n) is 7.34. The normalized spacial score (nSPS) is 27.3. The number of nitrogens with one attached hydrogen (secondary N) is 1. The summed E-state index contributed by atoms with van der Waals surface area (Å²) in [5.41, 5.74) is 0. The number of carbonyl (C=O) groups is 1. The molecule has 2 heterocycles. The molecular weight excluding hydrogens is 871 g/mol. The minimum absolute atomic E-state index is 0.138. The van der Waals surface area contributed by atoms with Crippen molar-refractivity contribution in [1.82, 2.24) is 5.32 Å². The Bertz CT molecular complexity index is 1550. The van der Waals surface area contributed by atoms with Gasteiger partial charge in [-0.25, -0.2) is 0 Å². The molecule has 0 aliphatic carbocycles. The maximum absolute atomic E-state index is 13.1. The Morgan fingerprint density at radius 1 is 0.544 bits per heavy atom. The molecule has 0 saturated carbocycles. The minimum atomic E-state index is -1.80. The predicted octanol–water partition coefficient (Wildman–Crippen LogP) is 6.54. The first-order chi connectivity index (χ1) is 33.1. The largest absolute Gasteiger partial charge is 0.394 e. The van der Waals surface area contributed by atoms with Crippen molar-refractivity contribution in [3.8, 4) is 0 Å². The van der Waals surface area contributed by atoms with Crippen LogP contribution < -0.4 is 5.32 Å². The van der Waals surface area contributed by atoms with E-state index in [2.05, 4.69) is 104 Å². The molecule has 14 nitrogen and oxygen atoms in total. The van der Waals surface area contributed by atoms with E-state index in [1.54, 1.807) is 6.08 Å². The van der Waals surface area contributed by atoms with Crippen molar-refractivity contribution in [2.75, 3.05) is 19.8 Å². The van der Waals surface area contributed by atoms with Gasteiger partial charge in [0.1, 0.15) is 48.8 Å². The standard InChI is InChI=1S/C54H87NO13/c1-3-5-7-9-11-13-15-17-19-20-21-22-24-26-28-30-32-34-36-38-46(59)55-42(43(58)37-35-33-31-29-27-25-23-18-16-14-12-10-8-6-4-2)41-65-53-51(64)49(62)52(45(40-57)67-53)68-54-50(63)48(61)47(60)44(39-56)66-54/h5,7,11,13,16-19,21-22,26-29,32,34-35,37,42-45,47-54,56-58,60-64H,3-4,6,8-10,12,14-15,20,23-25,30-31,33,36,38-41H2,1-2H3,(H,55,59)/b7-5-,13-11-,18-16+,19-17-,22-21-,28-26-,29-27+,34-32-,37-35+. The smallest absolute Gasteiger partial charge is 0.220 e. The molecule has 2 saturated heterocycles. The molecule has 2 fully saturated rings. The highest BCUT2D eigenvalue weighted by Crippen LogP contribution is 2.30. The number of unbranched alkanes of at least 4 members (excludes halogenated alkanes) is 7. The Hall–Kier alpha value is -3.35. The molecule has 0 radical (unpaired) electrons. The van der Waals surface area contributed by atoms with Gasteiger partial charge in [-0.1, -0.05) is 149 Å². The van der Waals surface area contributed by atoms with Crippen LogP contribution in [0.4, 0.5) is 0 Å². The summed E-state index contributed by atoms with van der Waals surface area (Å²) in [7, 11) is 0. The zero-order chi connectivity index (χ0) is 49.6. The van der Waals surface area contributed by atoms with Crippen molar-refractivity contribution in [3.05, 3.63) is 109 Å². The number of allylic oxidation sites excluding steroid dienone is 17. The van der Waals surface area contributed by atoms with E-state index in [9.17, 15) is 45.6 Å². The molecule has 0 aromatic heterocycles. The summed E-state index contributed by atoms with van der Waals surface area (Å²) in [6.07, 6.45) is 37.1. The molecule has 9 N–H and O–H groups in total. The lowest BCUT2D eigenvalue weighted by Gasteiger charge is -2.46. The van der Waals surface area contributed by atoms with E-state index >= 15 is 0 Å². The third-order valence-corrected chi connectivity index (χ3v) is 11.4. The van der Waals surface area contributed by atoms with Crippen molar-refractivity contribution in [3.63, 3.8) is 0 Å². The van der Waals surface area contributed by atoms with Crippen LogP contribution in [-0.4, -0.2) is 140 Å². The molecule has 0 spiro atoms. The first-order valence-electron chi connectivity index (χ1n) is 25.1. The molecule has 2 rings (SSSR count). The van der Waals surface area contributed by atoms with Gasteiger partial charge in [-0.3, -0.25) is 4.79 Å². The SMILES string of the molecule is CC/C=C\C/C=C\C/C=C\C/C=C\C/C=C\C/C=C\CCC(=O)NC(COC1OC(CO)C(OC2OC(CO)C(O)C(O)C2O)C(O)C1O)C(O)/C=C/CC/C=C/CC/C=C/CCCCCCC. The Balaban J connectivity index is 1.92. The summed E-state index contributed by atoms with van der Waals surface area (Å²) in [5.74, 6) is -0.342. The fourth-order valence-corrected chi connectivity index (χ4v) is 7.34. The molecule has 386 valence electrons. The van der Waals surface area contributed by atoms with Crippen LogP contribution in [0.15, 0.2) is 109 Å². The number of rotatable bonds is 36. The maximum atomic E-state index is 13.1. The quantitative estimate of drug-likeness (QED) is 0.0241. The second-order valence-corrected chi connectivity index (χ2v) is 17.2. The summed E-state index contributed by atoms with van der Waals surface area (Å²) in [4.78, 5) is 13.1. The van der Waals surface area contributed by atoms with Crippen LogP contribution in [-0.2, 0) is 23.7 Å². The van der Waals surface area contributed by atoms with Crippen LogP contribution in [0, 0.1) is 0 Å². The van der Waals surface area contributed by atoms with Crippen LogP contribution in [0.1, 0.15) is 129 Å². The molecule has 0 aromatic carbocycles. The summed E-state index contributed by atoms with van der Waals surface area (Å²) < 4.78 is 22.6. The van der Waals surface area contributed by atoms with Gasteiger partial charge in [0.2, 0.25) is 5.91 Å². The zero-order valence-corrected chi connectivity index (χ0v) is 40.8. The average Bonchev–Trinajstić information content (AvgIpc) is 3.34. The Morgan fingerprint density at radius 3 is 1.59 bits per heavy atom. The van der Waals surface area contributed by atoms with Gasteiger partial charge in [-0.15, -0.1) is 0 Å². The van der Waals surface area contributed by atoms with Gasteiger partial charge in [0.05, 0.1) is 32.0 Å². The van der Waals surface area contributed by atoms with E-state index in [-0.39, 0.29) is 18.9 Å². The predicted molar refractivity (Wildman–Crippen MR) is 267 cm³/mol. The second-order valence-electron chi connectivity index (χ2n) is 17.2. The monoisotopic (exact) mass is 958 g/mol. The van der Waals surface area contributed by atoms with Crippen molar-refractivity contribution >= 4 is 5.91 Å². The van der Waals surface area contributed by atoms with Gasteiger partial charge in [-0.05, 0) is 83.5 Å². The molecule has 0 bridgehead atoms. The summed E-state index contributed by atoms with van der Waals surface area (Å²) in [6.45, 7) is 2.54. The van der Waals surface area contributed by atoms with Crippen molar-refractivity contribution in [2.45, 2.75) is 203 Å². The van der Waals surface area contributed by atoms with Gasteiger partial charge in [-0.2, -0.15) is 0 Å². The number of aliphatic hydroxyl groups excluding tert-OH is 8. The van der Waals surface area contributed by atoms with Gasteiger partial charge in [0.25, 0.3) is 0 Å². The van der Waals surface area contributed by atoms with Crippen LogP contribution in [0.25, 0.3) is 0 Å². The molecule has 2 aliphatic heterocycles.